The second-order valence-corrected chi connectivity index (χ2v) is 7.90. The van der Waals surface area contributed by atoms with Gasteiger partial charge in [-0.05, 0) is 48.4 Å². The Bertz CT molecular complexity index is 950. The third-order valence-corrected chi connectivity index (χ3v) is 5.95. The lowest BCUT2D eigenvalue weighted by atomic mass is 9.88. The molecule has 1 aliphatic heterocycles. The van der Waals surface area contributed by atoms with Gasteiger partial charge in [-0.15, -0.1) is 0 Å². The number of carbonyl (C=O) groups excluding carboxylic acids is 2. The Kier molecular flexibility index (Phi) is 8.03. The third kappa shape index (κ3) is 5.16. The van der Waals surface area contributed by atoms with Crippen LogP contribution < -0.4 is 24.3 Å². The van der Waals surface area contributed by atoms with Crippen LogP contribution in [0.5, 0.6) is 23.0 Å². The summed E-state index contributed by atoms with van der Waals surface area (Å²) >= 11 is 0. The summed E-state index contributed by atoms with van der Waals surface area (Å²) in [5.74, 6) is 1.37. The zero-order valence-corrected chi connectivity index (χ0v) is 19.8. The molecule has 0 unspecified atom stereocenters. The van der Waals surface area contributed by atoms with Crippen LogP contribution in [0.3, 0.4) is 0 Å². The summed E-state index contributed by atoms with van der Waals surface area (Å²) in [6, 6.07) is 10.7. The zero-order chi connectivity index (χ0) is 24.0. The highest BCUT2D eigenvalue weighted by Crippen LogP contribution is 2.43. The molecule has 0 aliphatic carbocycles. The molecule has 0 spiro atoms. The van der Waals surface area contributed by atoms with Gasteiger partial charge in [0.25, 0.3) is 5.91 Å². The lowest BCUT2D eigenvalue weighted by Gasteiger charge is -2.21. The monoisotopic (exact) mass is 456 g/mol. The fourth-order valence-corrected chi connectivity index (χ4v) is 4.18. The van der Waals surface area contributed by atoms with Crippen molar-refractivity contribution in [1.82, 2.24) is 10.2 Å². The van der Waals surface area contributed by atoms with E-state index < -0.39 is 5.92 Å². The molecule has 0 saturated carbocycles. The number of nitrogens with zero attached hydrogens (tertiary/aromatic N) is 1. The minimum absolute atomic E-state index is 0.0689. The molecule has 1 saturated heterocycles. The van der Waals surface area contributed by atoms with Crippen molar-refractivity contribution in [2.45, 2.75) is 19.3 Å². The molecular formula is C25H32N2O6. The molecule has 2 amide bonds. The molecule has 0 bridgehead atoms. The highest BCUT2D eigenvalue weighted by Gasteiger charge is 2.41. The summed E-state index contributed by atoms with van der Waals surface area (Å²) in [6.45, 7) is 3.31. The van der Waals surface area contributed by atoms with Gasteiger partial charge in [-0.2, -0.15) is 0 Å². The number of hydrogen-bond acceptors (Lipinski definition) is 6. The Balaban J connectivity index is 1.95. The number of methoxy groups -OCH3 is 4. The van der Waals surface area contributed by atoms with Crippen LogP contribution in [0.4, 0.5) is 0 Å². The Morgan fingerprint density at radius 3 is 2.09 bits per heavy atom. The number of ether oxygens (including phenoxy) is 4. The summed E-state index contributed by atoms with van der Waals surface area (Å²) in [5, 5.41) is 2.99. The fraction of sp³-hybridized carbons (Fsp3) is 0.440. The standard InChI is InChI=1S/C25H32N2O6/c1-6-11-26-24(28)20-15-27(25(29)16-7-9-18(30-2)10-8-16)14-19(20)17-12-21(31-3)23(33-5)22(13-17)32-4/h7-10,12-13,19-20H,6,11,14-15H2,1-5H3,(H,26,28)/t19-,20-/m0/s1. The fourth-order valence-electron chi connectivity index (χ4n) is 4.18. The van der Waals surface area contributed by atoms with Gasteiger partial charge in [-0.1, -0.05) is 6.92 Å². The van der Waals surface area contributed by atoms with E-state index in [0.29, 0.717) is 48.2 Å². The average Bonchev–Trinajstić information content (AvgIpc) is 3.31. The van der Waals surface area contributed by atoms with E-state index in [2.05, 4.69) is 5.32 Å². The van der Waals surface area contributed by atoms with Crippen molar-refractivity contribution in [3.8, 4) is 23.0 Å². The van der Waals surface area contributed by atoms with E-state index >= 15 is 0 Å². The lowest BCUT2D eigenvalue weighted by Crippen LogP contribution is -2.36. The predicted octanol–water partition coefficient (Wildman–Crippen LogP) is 3.10. The molecule has 0 aromatic heterocycles. The van der Waals surface area contributed by atoms with E-state index in [1.54, 1.807) is 57.6 Å². The van der Waals surface area contributed by atoms with Crippen molar-refractivity contribution < 1.29 is 28.5 Å². The minimum atomic E-state index is -0.401. The van der Waals surface area contributed by atoms with E-state index in [1.807, 2.05) is 19.1 Å². The normalized spacial score (nSPS) is 17.4. The molecule has 0 radical (unpaired) electrons. The lowest BCUT2D eigenvalue weighted by molar-refractivity contribution is -0.124. The molecule has 8 nitrogen and oxygen atoms in total. The maximum absolute atomic E-state index is 13.2. The van der Waals surface area contributed by atoms with Crippen molar-refractivity contribution in [1.29, 1.82) is 0 Å². The molecular weight excluding hydrogens is 424 g/mol. The van der Waals surface area contributed by atoms with Crippen LogP contribution in [0.15, 0.2) is 36.4 Å². The smallest absolute Gasteiger partial charge is 0.253 e. The van der Waals surface area contributed by atoms with Crippen molar-refractivity contribution in [2.75, 3.05) is 48.1 Å². The van der Waals surface area contributed by atoms with Gasteiger partial charge in [-0.3, -0.25) is 9.59 Å². The topological polar surface area (TPSA) is 86.3 Å². The highest BCUT2D eigenvalue weighted by molar-refractivity contribution is 5.95. The van der Waals surface area contributed by atoms with Crippen LogP contribution in [0.2, 0.25) is 0 Å². The largest absolute Gasteiger partial charge is 0.497 e. The Morgan fingerprint density at radius 1 is 0.939 bits per heavy atom. The number of carbonyl (C=O) groups is 2. The maximum Gasteiger partial charge on any atom is 0.253 e. The van der Waals surface area contributed by atoms with Gasteiger partial charge < -0.3 is 29.2 Å². The van der Waals surface area contributed by atoms with E-state index in [1.165, 1.54) is 0 Å². The molecule has 1 aliphatic rings. The molecule has 2 atom stereocenters. The van der Waals surface area contributed by atoms with Gasteiger partial charge in [0.1, 0.15) is 5.75 Å². The molecule has 1 N–H and O–H groups in total. The van der Waals surface area contributed by atoms with E-state index in [4.69, 9.17) is 18.9 Å². The van der Waals surface area contributed by atoms with Gasteiger partial charge >= 0.3 is 0 Å². The highest BCUT2D eigenvalue weighted by atomic mass is 16.5. The number of hydrogen-bond donors (Lipinski definition) is 1. The first kappa shape index (κ1) is 24.2. The van der Waals surface area contributed by atoms with E-state index in [-0.39, 0.29) is 17.7 Å². The van der Waals surface area contributed by atoms with Gasteiger partial charge in [0, 0.05) is 31.1 Å². The predicted molar refractivity (Wildman–Crippen MR) is 125 cm³/mol. The Morgan fingerprint density at radius 2 is 1.58 bits per heavy atom. The summed E-state index contributed by atoms with van der Waals surface area (Å²) in [6.07, 6.45) is 0.835. The van der Waals surface area contributed by atoms with Crippen molar-refractivity contribution in [2.24, 2.45) is 5.92 Å². The molecule has 33 heavy (non-hydrogen) atoms. The Labute approximate surface area is 194 Å². The first-order valence-electron chi connectivity index (χ1n) is 11.0. The van der Waals surface area contributed by atoms with Crippen molar-refractivity contribution in [3.63, 3.8) is 0 Å². The van der Waals surface area contributed by atoms with E-state index in [9.17, 15) is 9.59 Å². The molecule has 1 heterocycles. The van der Waals surface area contributed by atoms with Crippen LogP contribution in [0.25, 0.3) is 0 Å². The summed E-state index contributed by atoms with van der Waals surface area (Å²) in [5.41, 5.74) is 1.40. The molecule has 1 fully saturated rings. The number of rotatable bonds is 9. The third-order valence-electron chi connectivity index (χ3n) is 5.95. The van der Waals surface area contributed by atoms with Crippen LogP contribution in [0, 0.1) is 5.92 Å². The Hall–Kier alpha value is -3.42. The SMILES string of the molecule is CCCNC(=O)[C@H]1CN(C(=O)c2ccc(OC)cc2)C[C@H]1c1cc(OC)c(OC)c(OC)c1. The zero-order valence-electron chi connectivity index (χ0n) is 19.8. The first-order valence-corrected chi connectivity index (χ1v) is 11.0. The molecule has 2 aromatic rings. The summed E-state index contributed by atoms with van der Waals surface area (Å²) in [4.78, 5) is 28.0. The molecule has 2 aromatic carbocycles. The first-order chi connectivity index (χ1) is 16.0. The van der Waals surface area contributed by atoms with Crippen LogP contribution in [-0.2, 0) is 4.79 Å². The molecule has 3 rings (SSSR count). The maximum atomic E-state index is 13.2. The van der Waals surface area contributed by atoms with Gasteiger partial charge in [0.2, 0.25) is 11.7 Å². The van der Waals surface area contributed by atoms with Gasteiger partial charge in [0.05, 0.1) is 34.4 Å². The van der Waals surface area contributed by atoms with Crippen LogP contribution in [-0.4, -0.2) is 64.8 Å². The number of likely N-dealkylation sites (tertiary alicyclic amines) is 1. The summed E-state index contributed by atoms with van der Waals surface area (Å²) in [7, 11) is 6.24. The number of nitrogens with one attached hydrogen (secondary N) is 1. The number of benzene rings is 2. The summed E-state index contributed by atoms with van der Waals surface area (Å²) < 4.78 is 21.6. The minimum Gasteiger partial charge on any atom is -0.497 e. The second-order valence-electron chi connectivity index (χ2n) is 7.90. The second kappa shape index (κ2) is 10.9. The van der Waals surface area contributed by atoms with Gasteiger partial charge in [0.15, 0.2) is 11.5 Å². The molecule has 178 valence electrons. The van der Waals surface area contributed by atoms with Crippen LogP contribution in [0.1, 0.15) is 35.2 Å². The average molecular weight is 457 g/mol. The van der Waals surface area contributed by atoms with Crippen LogP contribution >= 0.6 is 0 Å². The van der Waals surface area contributed by atoms with Crippen molar-refractivity contribution >= 4 is 11.8 Å². The quantitative estimate of drug-likeness (QED) is 0.624. The molecule has 8 heteroatoms. The number of amides is 2. The van der Waals surface area contributed by atoms with Crippen molar-refractivity contribution in [3.05, 3.63) is 47.5 Å². The van der Waals surface area contributed by atoms with Gasteiger partial charge in [-0.25, -0.2) is 0 Å². The van der Waals surface area contributed by atoms with E-state index in [0.717, 1.165) is 12.0 Å².